The maximum atomic E-state index is 12.2. The zero-order valence-electron chi connectivity index (χ0n) is 10.3. The van der Waals surface area contributed by atoms with Gasteiger partial charge in [-0.25, -0.2) is 14.3 Å². The summed E-state index contributed by atoms with van der Waals surface area (Å²) in [5.74, 6) is 0.795. The molecule has 1 fully saturated rings. The van der Waals surface area contributed by atoms with E-state index in [4.69, 9.17) is 0 Å². The fourth-order valence-electron chi connectivity index (χ4n) is 2.05. The van der Waals surface area contributed by atoms with Crippen LogP contribution in [0, 0.1) is 0 Å². The van der Waals surface area contributed by atoms with E-state index in [-0.39, 0.29) is 5.91 Å². The molecule has 0 radical (unpaired) electrons. The Kier molecular flexibility index (Phi) is 3.37. The fraction of sp³-hybridized carbons (Fsp3) is 0.333. The van der Waals surface area contributed by atoms with Crippen LogP contribution in [0.15, 0.2) is 30.7 Å². The van der Waals surface area contributed by atoms with Crippen LogP contribution in [0.4, 0.5) is 5.95 Å². The number of anilines is 1. The molecular weight excluding hydrogens is 262 g/mol. The molecule has 3 rings (SSSR count). The smallest absolute Gasteiger partial charge is 0.265 e. The number of amides is 1. The quantitative estimate of drug-likeness (QED) is 0.814. The SMILES string of the molecule is O=C(c1ccns1)N1CCN(c2ncccn2)CC1. The van der Waals surface area contributed by atoms with Gasteiger partial charge in [-0.05, 0) is 23.7 Å². The lowest BCUT2D eigenvalue weighted by Gasteiger charge is -2.34. The van der Waals surface area contributed by atoms with Gasteiger partial charge in [0.05, 0.1) is 0 Å². The monoisotopic (exact) mass is 275 g/mol. The van der Waals surface area contributed by atoms with Crippen molar-refractivity contribution >= 4 is 23.4 Å². The first-order valence-electron chi connectivity index (χ1n) is 6.06. The summed E-state index contributed by atoms with van der Waals surface area (Å²) in [6, 6.07) is 3.56. The minimum atomic E-state index is 0.0659. The van der Waals surface area contributed by atoms with E-state index in [1.807, 2.05) is 4.90 Å². The highest BCUT2D eigenvalue weighted by Crippen LogP contribution is 2.14. The maximum absolute atomic E-state index is 12.2. The third kappa shape index (κ3) is 2.55. The third-order valence-electron chi connectivity index (χ3n) is 3.05. The summed E-state index contributed by atoms with van der Waals surface area (Å²) >= 11 is 1.24. The van der Waals surface area contributed by atoms with Gasteiger partial charge in [-0.2, -0.15) is 0 Å². The number of nitrogens with zero attached hydrogens (tertiary/aromatic N) is 5. The van der Waals surface area contributed by atoms with Crippen molar-refractivity contribution < 1.29 is 4.79 Å². The van der Waals surface area contributed by atoms with Gasteiger partial charge >= 0.3 is 0 Å². The molecular formula is C12H13N5OS. The van der Waals surface area contributed by atoms with Crippen LogP contribution in [0.3, 0.4) is 0 Å². The third-order valence-corrected chi connectivity index (χ3v) is 3.79. The molecule has 2 aromatic rings. The summed E-state index contributed by atoms with van der Waals surface area (Å²) in [5, 5.41) is 0. The van der Waals surface area contributed by atoms with Gasteiger partial charge in [0.1, 0.15) is 4.88 Å². The van der Waals surface area contributed by atoms with Gasteiger partial charge in [-0.1, -0.05) is 0 Å². The Labute approximate surface area is 114 Å². The fourth-order valence-corrected chi connectivity index (χ4v) is 2.61. The van der Waals surface area contributed by atoms with Gasteiger partial charge in [0.25, 0.3) is 5.91 Å². The summed E-state index contributed by atoms with van der Waals surface area (Å²) in [6.45, 7) is 2.90. The molecule has 98 valence electrons. The van der Waals surface area contributed by atoms with Crippen molar-refractivity contribution in [3.63, 3.8) is 0 Å². The predicted octanol–water partition coefficient (Wildman–Crippen LogP) is 0.895. The molecule has 1 aliphatic rings. The molecule has 3 heterocycles. The minimum Gasteiger partial charge on any atom is -0.337 e. The van der Waals surface area contributed by atoms with Crippen molar-refractivity contribution in [1.29, 1.82) is 0 Å². The van der Waals surface area contributed by atoms with Crippen LogP contribution in [0.25, 0.3) is 0 Å². The molecule has 0 N–H and O–H groups in total. The number of hydrogen-bond donors (Lipinski definition) is 0. The van der Waals surface area contributed by atoms with Crippen molar-refractivity contribution in [3.8, 4) is 0 Å². The molecule has 0 atom stereocenters. The summed E-state index contributed by atoms with van der Waals surface area (Å²) < 4.78 is 3.96. The van der Waals surface area contributed by atoms with E-state index in [1.54, 1.807) is 30.7 Å². The number of aromatic nitrogens is 3. The Bertz CT molecular complexity index is 537. The van der Waals surface area contributed by atoms with Gasteiger partial charge in [0.2, 0.25) is 5.95 Å². The Morgan fingerprint density at radius 3 is 2.47 bits per heavy atom. The molecule has 1 saturated heterocycles. The molecule has 0 spiro atoms. The molecule has 1 amide bonds. The Morgan fingerprint density at radius 1 is 1.11 bits per heavy atom. The highest BCUT2D eigenvalue weighted by Gasteiger charge is 2.23. The number of piperazine rings is 1. The van der Waals surface area contributed by atoms with E-state index in [9.17, 15) is 4.79 Å². The van der Waals surface area contributed by atoms with Crippen molar-refractivity contribution in [2.75, 3.05) is 31.1 Å². The highest BCUT2D eigenvalue weighted by molar-refractivity contribution is 7.08. The highest BCUT2D eigenvalue weighted by atomic mass is 32.1. The molecule has 2 aromatic heterocycles. The van der Waals surface area contributed by atoms with E-state index in [2.05, 4.69) is 19.2 Å². The predicted molar refractivity (Wildman–Crippen MR) is 72.3 cm³/mol. The lowest BCUT2D eigenvalue weighted by atomic mass is 10.3. The van der Waals surface area contributed by atoms with Gasteiger partial charge in [-0.3, -0.25) is 4.79 Å². The largest absolute Gasteiger partial charge is 0.337 e. The molecule has 0 saturated carbocycles. The van der Waals surface area contributed by atoms with Crippen molar-refractivity contribution in [2.45, 2.75) is 0 Å². The standard InChI is InChI=1S/C12H13N5OS/c18-11(10-2-5-15-19-10)16-6-8-17(9-7-16)12-13-3-1-4-14-12/h1-5H,6-9H2. The van der Waals surface area contributed by atoms with Crippen molar-refractivity contribution in [2.24, 2.45) is 0 Å². The van der Waals surface area contributed by atoms with E-state index in [0.29, 0.717) is 18.0 Å². The zero-order valence-corrected chi connectivity index (χ0v) is 11.1. The molecule has 6 nitrogen and oxygen atoms in total. The van der Waals surface area contributed by atoms with E-state index in [1.165, 1.54) is 11.5 Å². The second-order valence-electron chi connectivity index (χ2n) is 4.20. The molecule has 1 aliphatic heterocycles. The first-order valence-corrected chi connectivity index (χ1v) is 6.84. The van der Waals surface area contributed by atoms with Crippen molar-refractivity contribution in [1.82, 2.24) is 19.2 Å². The number of carbonyl (C=O) groups excluding carboxylic acids is 1. The maximum Gasteiger partial charge on any atom is 0.265 e. The molecule has 0 bridgehead atoms. The minimum absolute atomic E-state index is 0.0659. The summed E-state index contributed by atoms with van der Waals surface area (Å²) in [7, 11) is 0. The van der Waals surface area contributed by atoms with Gasteiger partial charge < -0.3 is 9.80 Å². The Hall–Kier alpha value is -2.02. The molecule has 0 aliphatic carbocycles. The second-order valence-corrected chi connectivity index (χ2v) is 5.04. The molecule has 19 heavy (non-hydrogen) atoms. The number of rotatable bonds is 2. The van der Waals surface area contributed by atoms with Crippen LogP contribution in [-0.2, 0) is 0 Å². The molecule has 0 aromatic carbocycles. The summed E-state index contributed by atoms with van der Waals surface area (Å²) in [5.41, 5.74) is 0. The average molecular weight is 275 g/mol. The van der Waals surface area contributed by atoms with Crippen LogP contribution in [0.1, 0.15) is 9.67 Å². The van der Waals surface area contributed by atoms with Gasteiger partial charge in [-0.15, -0.1) is 0 Å². The lowest BCUT2D eigenvalue weighted by Crippen LogP contribution is -2.49. The molecule has 7 heteroatoms. The summed E-state index contributed by atoms with van der Waals surface area (Å²) in [4.78, 5) is 25.2. The van der Waals surface area contributed by atoms with Gasteiger partial charge in [0, 0.05) is 44.8 Å². The zero-order chi connectivity index (χ0) is 13.1. The Balaban J connectivity index is 1.62. The van der Waals surface area contributed by atoms with Crippen LogP contribution in [0.2, 0.25) is 0 Å². The second kappa shape index (κ2) is 5.31. The number of hydrogen-bond acceptors (Lipinski definition) is 6. The molecule has 0 unspecified atom stereocenters. The Morgan fingerprint density at radius 2 is 1.84 bits per heavy atom. The first kappa shape index (κ1) is 12.0. The van der Waals surface area contributed by atoms with Crippen LogP contribution < -0.4 is 4.90 Å². The topological polar surface area (TPSA) is 62.2 Å². The normalized spacial score (nSPS) is 15.6. The van der Waals surface area contributed by atoms with Gasteiger partial charge in [0.15, 0.2) is 0 Å². The first-order chi connectivity index (χ1) is 9.34. The van der Waals surface area contributed by atoms with E-state index in [0.717, 1.165) is 19.0 Å². The van der Waals surface area contributed by atoms with E-state index < -0.39 is 0 Å². The van der Waals surface area contributed by atoms with Crippen LogP contribution in [0.5, 0.6) is 0 Å². The van der Waals surface area contributed by atoms with Crippen molar-refractivity contribution in [3.05, 3.63) is 35.6 Å². The van der Waals surface area contributed by atoms with Crippen LogP contribution in [-0.4, -0.2) is 51.3 Å². The van der Waals surface area contributed by atoms with Crippen LogP contribution >= 0.6 is 11.5 Å². The average Bonchev–Trinajstić information content (AvgIpc) is 3.02. The number of carbonyl (C=O) groups is 1. The summed E-state index contributed by atoms with van der Waals surface area (Å²) in [6.07, 6.45) is 5.13. The van der Waals surface area contributed by atoms with E-state index >= 15 is 0 Å². The lowest BCUT2D eigenvalue weighted by molar-refractivity contribution is 0.0751.